The number of ether oxygens (including phenoxy) is 1. The van der Waals surface area contributed by atoms with Gasteiger partial charge in [-0.3, -0.25) is 0 Å². The van der Waals surface area contributed by atoms with Crippen LogP contribution in [-0.2, 0) is 4.74 Å². The van der Waals surface area contributed by atoms with Crippen molar-refractivity contribution in [2.75, 3.05) is 51.7 Å². The second-order valence-corrected chi connectivity index (χ2v) is 6.95. The fourth-order valence-electron chi connectivity index (χ4n) is 1.94. The van der Waals surface area contributed by atoms with Gasteiger partial charge < -0.3 is 15.0 Å². The van der Waals surface area contributed by atoms with Crippen molar-refractivity contribution in [1.29, 1.82) is 0 Å². The Balaban J connectivity index is 2.03. The molecule has 0 aromatic heterocycles. The van der Waals surface area contributed by atoms with E-state index >= 15 is 0 Å². The number of nitrogens with zero attached hydrogens (tertiary/aromatic N) is 1. The summed E-state index contributed by atoms with van der Waals surface area (Å²) in [6, 6.07) is 0. The minimum absolute atomic E-state index is 0.469. The van der Waals surface area contributed by atoms with Crippen molar-refractivity contribution in [3.63, 3.8) is 0 Å². The van der Waals surface area contributed by atoms with Crippen molar-refractivity contribution in [2.45, 2.75) is 31.9 Å². The summed E-state index contributed by atoms with van der Waals surface area (Å²) < 4.78 is 5.76. The van der Waals surface area contributed by atoms with Gasteiger partial charge in [-0.15, -0.1) is 0 Å². The first-order chi connectivity index (χ1) is 8.14. The van der Waals surface area contributed by atoms with Crippen LogP contribution in [-0.4, -0.2) is 61.3 Å². The van der Waals surface area contributed by atoms with Crippen LogP contribution in [0.2, 0.25) is 0 Å². The maximum atomic E-state index is 5.29. The fourth-order valence-corrected chi connectivity index (χ4v) is 3.07. The highest BCUT2D eigenvalue weighted by Crippen LogP contribution is 2.30. The molecule has 0 radical (unpaired) electrons. The van der Waals surface area contributed by atoms with Crippen molar-refractivity contribution in [3.8, 4) is 0 Å². The van der Waals surface area contributed by atoms with Crippen LogP contribution in [0.3, 0.4) is 0 Å². The summed E-state index contributed by atoms with van der Waals surface area (Å²) in [7, 11) is 0. The second-order valence-electron chi connectivity index (χ2n) is 5.15. The van der Waals surface area contributed by atoms with Crippen LogP contribution < -0.4 is 5.32 Å². The molecule has 0 bridgehead atoms. The molecule has 102 valence electrons. The van der Waals surface area contributed by atoms with Crippen LogP contribution in [0.1, 0.15) is 27.2 Å². The molecule has 4 heteroatoms. The molecule has 0 aliphatic carbocycles. The molecule has 1 aliphatic rings. The van der Waals surface area contributed by atoms with Gasteiger partial charge in [-0.1, -0.05) is 13.8 Å². The quantitative estimate of drug-likeness (QED) is 0.706. The molecule has 3 nitrogen and oxygen atoms in total. The average molecular weight is 260 g/mol. The number of hydrogen-bond acceptors (Lipinski definition) is 4. The monoisotopic (exact) mass is 260 g/mol. The van der Waals surface area contributed by atoms with Crippen LogP contribution in [0, 0.1) is 0 Å². The zero-order valence-corrected chi connectivity index (χ0v) is 12.4. The van der Waals surface area contributed by atoms with Gasteiger partial charge in [0.1, 0.15) is 0 Å². The Hall–Kier alpha value is 0.230. The summed E-state index contributed by atoms with van der Waals surface area (Å²) in [5.74, 6) is 1.27. The lowest BCUT2D eigenvalue weighted by Gasteiger charge is -2.22. The molecule has 0 aromatic rings. The molecule has 1 fully saturated rings. The summed E-state index contributed by atoms with van der Waals surface area (Å²) >= 11 is 2.11. The molecule has 0 saturated carbocycles. The predicted octanol–water partition coefficient (Wildman–Crippen LogP) is 1.83. The Morgan fingerprint density at radius 3 is 2.88 bits per heavy atom. The van der Waals surface area contributed by atoms with Gasteiger partial charge in [0.2, 0.25) is 0 Å². The third kappa shape index (κ3) is 7.29. The maximum Gasteiger partial charge on any atom is 0.0590 e. The van der Waals surface area contributed by atoms with Crippen LogP contribution in [0.4, 0.5) is 0 Å². The van der Waals surface area contributed by atoms with E-state index in [1.165, 1.54) is 31.8 Å². The highest BCUT2D eigenvalue weighted by atomic mass is 32.2. The van der Waals surface area contributed by atoms with Crippen LogP contribution >= 0.6 is 11.8 Å². The van der Waals surface area contributed by atoms with Gasteiger partial charge in [0.15, 0.2) is 0 Å². The largest absolute Gasteiger partial charge is 0.380 e. The van der Waals surface area contributed by atoms with Crippen LogP contribution in [0.15, 0.2) is 0 Å². The van der Waals surface area contributed by atoms with Gasteiger partial charge in [-0.05, 0) is 19.9 Å². The second kappa shape index (κ2) is 8.35. The highest BCUT2D eigenvalue weighted by molar-refractivity contribution is 8.00. The summed E-state index contributed by atoms with van der Waals surface area (Å²) in [4.78, 5) is 2.58. The van der Waals surface area contributed by atoms with E-state index in [4.69, 9.17) is 4.74 Å². The molecule has 0 amide bonds. The minimum Gasteiger partial charge on any atom is -0.380 e. The van der Waals surface area contributed by atoms with E-state index in [1.54, 1.807) is 0 Å². The minimum atomic E-state index is 0.469. The van der Waals surface area contributed by atoms with Crippen molar-refractivity contribution in [1.82, 2.24) is 10.2 Å². The van der Waals surface area contributed by atoms with E-state index in [-0.39, 0.29) is 0 Å². The first-order valence-corrected chi connectivity index (χ1v) is 7.77. The molecule has 1 N–H and O–H groups in total. The summed E-state index contributed by atoms with van der Waals surface area (Å²) in [6.07, 6.45) is 1.30. The normalized spacial score (nSPS) is 21.4. The Morgan fingerprint density at radius 2 is 2.12 bits per heavy atom. The van der Waals surface area contributed by atoms with E-state index in [1.807, 2.05) is 6.92 Å². The smallest absolute Gasteiger partial charge is 0.0590 e. The molecule has 1 aliphatic heterocycles. The van der Waals surface area contributed by atoms with E-state index in [9.17, 15) is 0 Å². The molecule has 1 rings (SSSR count). The van der Waals surface area contributed by atoms with Gasteiger partial charge in [0.25, 0.3) is 0 Å². The molecule has 1 heterocycles. The molecule has 17 heavy (non-hydrogen) atoms. The van der Waals surface area contributed by atoms with Crippen LogP contribution in [0.25, 0.3) is 0 Å². The van der Waals surface area contributed by atoms with E-state index in [2.05, 4.69) is 35.8 Å². The third-order valence-corrected chi connectivity index (χ3v) is 4.53. The molecular formula is C13H28N2OS. The molecule has 0 aromatic carbocycles. The predicted molar refractivity (Wildman–Crippen MR) is 77.0 cm³/mol. The number of rotatable bonds is 7. The van der Waals surface area contributed by atoms with Gasteiger partial charge in [0, 0.05) is 43.3 Å². The Kier molecular flexibility index (Phi) is 7.51. The van der Waals surface area contributed by atoms with E-state index in [0.717, 1.165) is 26.3 Å². The zero-order chi connectivity index (χ0) is 12.6. The number of hydrogen-bond donors (Lipinski definition) is 1. The first-order valence-electron chi connectivity index (χ1n) is 6.79. The number of thioether (sulfide) groups is 1. The SMILES string of the molecule is CCOCCNCCN1CCSC(C)(C)CC1. The molecule has 0 unspecified atom stereocenters. The molecule has 0 spiro atoms. The Bertz CT molecular complexity index is 200. The zero-order valence-electron chi connectivity index (χ0n) is 11.6. The Labute approximate surface area is 111 Å². The van der Waals surface area contributed by atoms with Crippen molar-refractivity contribution >= 4 is 11.8 Å². The van der Waals surface area contributed by atoms with Crippen molar-refractivity contribution in [3.05, 3.63) is 0 Å². The lowest BCUT2D eigenvalue weighted by Crippen LogP contribution is -2.35. The van der Waals surface area contributed by atoms with E-state index < -0.39 is 0 Å². The fraction of sp³-hybridized carbons (Fsp3) is 1.00. The number of nitrogens with one attached hydrogen (secondary N) is 1. The van der Waals surface area contributed by atoms with Crippen molar-refractivity contribution < 1.29 is 4.74 Å². The van der Waals surface area contributed by atoms with Gasteiger partial charge >= 0.3 is 0 Å². The van der Waals surface area contributed by atoms with Gasteiger partial charge in [0.05, 0.1) is 6.61 Å². The Morgan fingerprint density at radius 1 is 1.29 bits per heavy atom. The standard InChI is InChI=1S/C13H28N2OS/c1-4-16-11-7-14-6-9-15-8-5-13(2,3)17-12-10-15/h14H,4-12H2,1-3H3. The molecule has 1 saturated heterocycles. The lowest BCUT2D eigenvalue weighted by molar-refractivity contribution is 0.148. The summed E-state index contributed by atoms with van der Waals surface area (Å²) in [5, 5.41) is 3.44. The topological polar surface area (TPSA) is 24.5 Å². The summed E-state index contributed by atoms with van der Waals surface area (Å²) in [6.45, 7) is 14.1. The lowest BCUT2D eigenvalue weighted by atomic mass is 10.1. The van der Waals surface area contributed by atoms with E-state index in [0.29, 0.717) is 4.75 Å². The highest BCUT2D eigenvalue weighted by Gasteiger charge is 2.23. The first kappa shape index (κ1) is 15.3. The molecule has 0 atom stereocenters. The average Bonchev–Trinajstić information content (AvgIpc) is 2.45. The third-order valence-electron chi connectivity index (χ3n) is 3.16. The maximum absolute atomic E-state index is 5.29. The van der Waals surface area contributed by atoms with Crippen LogP contribution in [0.5, 0.6) is 0 Å². The van der Waals surface area contributed by atoms with Gasteiger partial charge in [-0.2, -0.15) is 11.8 Å². The summed E-state index contributed by atoms with van der Waals surface area (Å²) in [5.41, 5.74) is 0. The van der Waals surface area contributed by atoms with Crippen molar-refractivity contribution in [2.24, 2.45) is 0 Å². The van der Waals surface area contributed by atoms with Gasteiger partial charge in [-0.25, -0.2) is 0 Å². The molecular weight excluding hydrogens is 232 g/mol.